The summed E-state index contributed by atoms with van der Waals surface area (Å²) in [5.74, 6) is 0. The SMILES string of the molecule is CN1CCc2c(c(-c3cccc([N+](=O)[O-])c3)nn2CCC#N)C1. The second-order valence-electron chi connectivity index (χ2n) is 5.70. The maximum Gasteiger partial charge on any atom is 0.270 e. The molecule has 2 heterocycles. The Balaban J connectivity index is 2.08. The fourth-order valence-corrected chi connectivity index (χ4v) is 2.97. The third-order valence-corrected chi connectivity index (χ3v) is 4.09. The van der Waals surface area contributed by atoms with Crippen LogP contribution in [0.15, 0.2) is 24.3 Å². The van der Waals surface area contributed by atoms with Gasteiger partial charge in [0.2, 0.25) is 0 Å². The second-order valence-corrected chi connectivity index (χ2v) is 5.70. The third-order valence-electron chi connectivity index (χ3n) is 4.09. The zero-order valence-corrected chi connectivity index (χ0v) is 12.9. The van der Waals surface area contributed by atoms with Crippen molar-refractivity contribution < 1.29 is 4.92 Å². The molecule has 7 heteroatoms. The average Bonchev–Trinajstić information content (AvgIpc) is 2.90. The molecular weight excluding hydrogens is 294 g/mol. The van der Waals surface area contributed by atoms with E-state index in [0.717, 1.165) is 42.0 Å². The Morgan fingerprint density at radius 1 is 1.48 bits per heavy atom. The predicted molar refractivity (Wildman–Crippen MR) is 84.6 cm³/mol. The van der Waals surface area contributed by atoms with Crippen molar-refractivity contribution in [3.8, 4) is 17.3 Å². The molecule has 0 spiro atoms. The van der Waals surface area contributed by atoms with Gasteiger partial charge in [-0.25, -0.2) is 0 Å². The third kappa shape index (κ3) is 2.94. The van der Waals surface area contributed by atoms with Gasteiger partial charge >= 0.3 is 0 Å². The molecule has 118 valence electrons. The molecule has 1 aliphatic heterocycles. The van der Waals surface area contributed by atoms with E-state index < -0.39 is 4.92 Å². The summed E-state index contributed by atoms with van der Waals surface area (Å²) >= 11 is 0. The highest BCUT2D eigenvalue weighted by atomic mass is 16.6. The molecule has 2 aromatic rings. The van der Waals surface area contributed by atoms with E-state index in [9.17, 15) is 10.1 Å². The monoisotopic (exact) mass is 311 g/mol. The van der Waals surface area contributed by atoms with Crippen LogP contribution < -0.4 is 0 Å². The highest BCUT2D eigenvalue weighted by Crippen LogP contribution is 2.31. The van der Waals surface area contributed by atoms with E-state index in [0.29, 0.717) is 13.0 Å². The van der Waals surface area contributed by atoms with E-state index in [1.807, 2.05) is 17.8 Å². The summed E-state index contributed by atoms with van der Waals surface area (Å²) in [5, 5.41) is 24.5. The summed E-state index contributed by atoms with van der Waals surface area (Å²) in [5.41, 5.74) is 3.85. The van der Waals surface area contributed by atoms with Crippen LogP contribution in [0.25, 0.3) is 11.3 Å². The number of nitro groups is 1. The van der Waals surface area contributed by atoms with Gasteiger partial charge in [0, 0.05) is 48.5 Å². The van der Waals surface area contributed by atoms with Crippen molar-refractivity contribution in [1.82, 2.24) is 14.7 Å². The van der Waals surface area contributed by atoms with Gasteiger partial charge in [-0.05, 0) is 7.05 Å². The lowest BCUT2D eigenvalue weighted by atomic mass is 10.0. The van der Waals surface area contributed by atoms with Crippen LogP contribution >= 0.6 is 0 Å². The minimum absolute atomic E-state index is 0.0620. The van der Waals surface area contributed by atoms with Gasteiger partial charge in [-0.2, -0.15) is 10.4 Å². The van der Waals surface area contributed by atoms with Gasteiger partial charge < -0.3 is 4.90 Å². The molecule has 0 amide bonds. The molecule has 7 nitrogen and oxygen atoms in total. The first-order valence-corrected chi connectivity index (χ1v) is 7.49. The number of hydrogen-bond donors (Lipinski definition) is 0. The number of aromatic nitrogens is 2. The van der Waals surface area contributed by atoms with E-state index in [1.165, 1.54) is 6.07 Å². The number of nitro benzene ring substituents is 1. The van der Waals surface area contributed by atoms with Gasteiger partial charge in [0.1, 0.15) is 0 Å². The minimum atomic E-state index is -0.394. The van der Waals surface area contributed by atoms with Crippen molar-refractivity contribution in [2.75, 3.05) is 13.6 Å². The Hall–Kier alpha value is -2.72. The second kappa shape index (κ2) is 6.18. The molecule has 0 fully saturated rings. The number of nitriles is 1. The first kappa shape index (κ1) is 15.2. The molecule has 0 N–H and O–H groups in total. The normalized spacial score (nSPS) is 14.3. The quantitative estimate of drug-likeness (QED) is 0.639. The van der Waals surface area contributed by atoms with Crippen molar-refractivity contribution in [3.05, 3.63) is 45.6 Å². The number of rotatable bonds is 4. The summed E-state index contributed by atoms with van der Waals surface area (Å²) in [6, 6.07) is 8.71. The number of aryl methyl sites for hydroxylation is 1. The highest BCUT2D eigenvalue weighted by Gasteiger charge is 2.24. The molecule has 0 bridgehead atoms. The van der Waals surface area contributed by atoms with Crippen LogP contribution in [-0.4, -0.2) is 33.2 Å². The average molecular weight is 311 g/mol. The number of benzene rings is 1. The van der Waals surface area contributed by atoms with Crippen LogP contribution in [0, 0.1) is 21.4 Å². The maximum absolute atomic E-state index is 11.0. The van der Waals surface area contributed by atoms with Crippen molar-refractivity contribution in [1.29, 1.82) is 5.26 Å². The van der Waals surface area contributed by atoms with Crippen molar-refractivity contribution in [2.24, 2.45) is 0 Å². The Bertz CT molecular complexity index is 790. The van der Waals surface area contributed by atoms with Gasteiger partial charge in [0.05, 0.1) is 29.7 Å². The predicted octanol–water partition coefficient (Wildman–Crippen LogP) is 2.36. The Morgan fingerprint density at radius 2 is 2.30 bits per heavy atom. The number of nitrogens with zero attached hydrogens (tertiary/aromatic N) is 5. The highest BCUT2D eigenvalue weighted by molar-refractivity contribution is 5.67. The topological polar surface area (TPSA) is 88.0 Å². The summed E-state index contributed by atoms with van der Waals surface area (Å²) in [7, 11) is 2.05. The van der Waals surface area contributed by atoms with Gasteiger partial charge in [-0.3, -0.25) is 14.8 Å². The number of hydrogen-bond acceptors (Lipinski definition) is 5. The molecule has 0 unspecified atom stereocenters. The fraction of sp³-hybridized carbons (Fsp3) is 0.375. The maximum atomic E-state index is 11.0. The molecule has 1 aliphatic rings. The summed E-state index contributed by atoms with van der Waals surface area (Å²) in [6.45, 7) is 2.26. The molecule has 0 saturated heterocycles. The van der Waals surface area contributed by atoms with Gasteiger partial charge in [-0.15, -0.1) is 0 Å². The molecule has 0 radical (unpaired) electrons. The van der Waals surface area contributed by atoms with Crippen LogP contribution in [0.4, 0.5) is 5.69 Å². The van der Waals surface area contributed by atoms with Gasteiger partial charge in [0.25, 0.3) is 5.69 Å². The van der Waals surface area contributed by atoms with E-state index in [2.05, 4.69) is 16.1 Å². The molecule has 23 heavy (non-hydrogen) atoms. The lowest BCUT2D eigenvalue weighted by molar-refractivity contribution is -0.384. The number of fused-ring (bicyclic) bond motifs is 1. The first-order valence-electron chi connectivity index (χ1n) is 7.49. The lowest BCUT2D eigenvalue weighted by Crippen LogP contribution is -2.27. The summed E-state index contributed by atoms with van der Waals surface area (Å²) < 4.78 is 1.89. The molecule has 3 rings (SSSR count). The van der Waals surface area contributed by atoms with Gasteiger partial charge in [0.15, 0.2) is 0 Å². The van der Waals surface area contributed by atoms with Gasteiger partial charge in [-0.1, -0.05) is 12.1 Å². The Morgan fingerprint density at radius 3 is 3.04 bits per heavy atom. The molecule has 0 aliphatic carbocycles. The first-order chi connectivity index (χ1) is 11.1. The minimum Gasteiger partial charge on any atom is -0.302 e. The zero-order chi connectivity index (χ0) is 16.4. The van der Waals surface area contributed by atoms with E-state index in [1.54, 1.807) is 12.1 Å². The summed E-state index contributed by atoms with van der Waals surface area (Å²) in [6.07, 6.45) is 1.28. The molecular formula is C16H17N5O2. The molecule has 0 atom stereocenters. The Labute approximate surface area is 133 Å². The van der Waals surface area contributed by atoms with Crippen molar-refractivity contribution in [2.45, 2.75) is 25.9 Å². The van der Waals surface area contributed by atoms with Crippen LogP contribution in [0.2, 0.25) is 0 Å². The number of likely N-dealkylation sites (N-methyl/N-ethyl adjacent to an activating group) is 1. The van der Waals surface area contributed by atoms with Crippen molar-refractivity contribution in [3.63, 3.8) is 0 Å². The number of non-ortho nitro benzene ring substituents is 1. The van der Waals surface area contributed by atoms with E-state index >= 15 is 0 Å². The molecule has 1 aromatic carbocycles. The standard InChI is InChI=1S/C16H17N5O2/c1-19-9-6-15-14(11-19)16(18-20(15)8-3-7-17)12-4-2-5-13(10-12)21(22)23/h2,4-5,10H,3,6,8-9,11H2,1H3. The van der Waals surface area contributed by atoms with Crippen LogP contribution in [0.1, 0.15) is 17.7 Å². The zero-order valence-electron chi connectivity index (χ0n) is 12.9. The largest absolute Gasteiger partial charge is 0.302 e. The lowest BCUT2D eigenvalue weighted by Gasteiger charge is -2.23. The fourth-order valence-electron chi connectivity index (χ4n) is 2.97. The van der Waals surface area contributed by atoms with Crippen LogP contribution in [0.3, 0.4) is 0 Å². The van der Waals surface area contributed by atoms with Crippen molar-refractivity contribution >= 4 is 5.69 Å². The molecule has 0 saturated carbocycles. The van der Waals surface area contributed by atoms with E-state index in [-0.39, 0.29) is 5.69 Å². The van der Waals surface area contributed by atoms with E-state index in [4.69, 9.17) is 5.26 Å². The smallest absolute Gasteiger partial charge is 0.270 e. The van der Waals surface area contributed by atoms with Crippen LogP contribution in [-0.2, 0) is 19.5 Å². The van der Waals surface area contributed by atoms with Crippen LogP contribution in [0.5, 0.6) is 0 Å². The molecule has 1 aromatic heterocycles. The Kier molecular flexibility index (Phi) is 4.08. The summed E-state index contributed by atoms with van der Waals surface area (Å²) in [4.78, 5) is 12.8.